The number of hydrogen-bond donors (Lipinski definition) is 3. The fourth-order valence-corrected chi connectivity index (χ4v) is 2.58. The molecular formula is C14H15NO3S. The van der Waals surface area contributed by atoms with Crippen LogP contribution in [-0.4, -0.2) is 16.1 Å². The molecule has 1 amide bonds. The maximum Gasteiger partial charge on any atom is 0.251 e. The lowest BCUT2D eigenvalue weighted by atomic mass is 10.1. The van der Waals surface area contributed by atoms with E-state index in [0.717, 1.165) is 4.88 Å². The van der Waals surface area contributed by atoms with Crippen LogP contribution in [-0.2, 0) is 0 Å². The summed E-state index contributed by atoms with van der Waals surface area (Å²) in [4.78, 5) is 14.3. The first kappa shape index (κ1) is 13.4. The van der Waals surface area contributed by atoms with E-state index in [9.17, 15) is 15.0 Å². The summed E-state index contributed by atoms with van der Waals surface area (Å²) >= 11 is 1.63. The Kier molecular flexibility index (Phi) is 3.76. The van der Waals surface area contributed by atoms with E-state index in [-0.39, 0.29) is 23.4 Å². The molecule has 0 radical (unpaired) electrons. The van der Waals surface area contributed by atoms with Crippen molar-refractivity contribution in [2.75, 3.05) is 0 Å². The zero-order valence-corrected chi connectivity index (χ0v) is 11.5. The molecule has 0 aliphatic heterocycles. The first-order chi connectivity index (χ1) is 8.97. The molecule has 1 aromatic heterocycles. The van der Waals surface area contributed by atoms with Crippen molar-refractivity contribution in [2.45, 2.75) is 19.9 Å². The monoisotopic (exact) mass is 277 g/mol. The number of hydrogen-bond acceptors (Lipinski definition) is 4. The Morgan fingerprint density at radius 3 is 2.53 bits per heavy atom. The van der Waals surface area contributed by atoms with Gasteiger partial charge in [0.25, 0.3) is 5.91 Å². The van der Waals surface area contributed by atoms with Gasteiger partial charge in [-0.1, -0.05) is 0 Å². The van der Waals surface area contributed by atoms with Gasteiger partial charge in [-0.15, -0.1) is 11.3 Å². The first-order valence-corrected chi connectivity index (χ1v) is 6.68. The van der Waals surface area contributed by atoms with E-state index in [4.69, 9.17) is 0 Å². The van der Waals surface area contributed by atoms with Crippen LogP contribution in [0, 0.1) is 6.92 Å². The number of aromatic hydroxyl groups is 2. The van der Waals surface area contributed by atoms with Crippen molar-refractivity contribution in [1.82, 2.24) is 5.32 Å². The van der Waals surface area contributed by atoms with Gasteiger partial charge in [0, 0.05) is 15.3 Å². The van der Waals surface area contributed by atoms with E-state index in [0.29, 0.717) is 5.56 Å². The highest BCUT2D eigenvalue weighted by Gasteiger charge is 2.14. The van der Waals surface area contributed by atoms with E-state index < -0.39 is 0 Å². The van der Waals surface area contributed by atoms with E-state index in [2.05, 4.69) is 5.32 Å². The third-order valence-corrected chi connectivity index (χ3v) is 3.96. The summed E-state index contributed by atoms with van der Waals surface area (Å²) < 4.78 is 0. The number of carbonyl (C=O) groups excluding carboxylic acids is 1. The van der Waals surface area contributed by atoms with Crippen LogP contribution in [0.4, 0.5) is 0 Å². The molecule has 2 aromatic rings. The maximum absolute atomic E-state index is 12.0. The minimum absolute atomic E-state index is 0.0952. The summed E-state index contributed by atoms with van der Waals surface area (Å²) in [7, 11) is 0. The lowest BCUT2D eigenvalue weighted by Gasteiger charge is -2.12. The molecule has 0 aliphatic carbocycles. The van der Waals surface area contributed by atoms with Crippen molar-refractivity contribution < 1.29 is 15.0 Å². The Bertz CT molecular complexity index is 606. The van der Waals surface area contributed by atoms with Crippen LogP contribution in [0.15, 0.2) is 30.3 Å². The van der Waals surface area contributed by atoms with Gasteiger partial charge >= 0.3 is 0 Å². The van der Waals surface area contributed by atoms with Gasteiger partial charge in [-0.2, -0.15) is 0 Å². The smallest absolute Gasteiger partial charge is 0.251 e. The molecule has 3 N–H and O–H groups in total. The second-order valence-corrected chi connectivity index (χ2v) is 5.67. The minimum atomic E-state index is -0.299. The molecule has 1 atom stereocenters. The molecule has 19 heavy (non-hydrogen) atoms. The third kappa shape index (κ3) is 3.06. The summed E-state index contributed by atoms with van der Waals surface area (Å²) in [5.41, 5.74) is 0.315. The molecule has 5 heteroatoms. The lowest BCUT2D eigenvalue weighted by Crippen LogP contribution is -2.25. The third-order valence-electron chi connectivity index (χ3n) is 2.77. The van der Waals surface area contributed by atoms with E-state index in [1.165, 1.54) is 23.1 Å². The van der Waals surface area contributed by atoms with Crippen molar-refractivity contribution in [3.63, 3.8) is 0 Å². The number of phenols is 2. The van der Waals surface area contributed by atoms with Crippen molar-refractivity contribution in [3.05, 3.63) is 45.6 Å². The summed E-state index contributed by atoms with van der Waals surface area (Å²) in [5, 5.41) is 21.4. The number of carbonyl (C=O) groups is 1. The molecule has 1 heterocycles. The molecule has 1 aromatic carbocycles. The van der Waals surface area contributed by atoms with Gasteiger partial charge in [0.05, 0.1) is 6.04 Å². The number of thiophene rings is 1. The predicted octanol–water partition coefficient (Wildman–Crippen LogP) is 2.96. The van der Waals surface area contributed by atoms with Crippen LogP contribution in [0.2, 0.25) is 0 Å². The van der Waals surface area contributed by atoms with Crippen LogP contribution in [0.1, 0.15) is 33.1 Å². The van der Waals surface area contributed by atoms with Gasteiger partial charge in [-0.3, -0.25) is 4.79 Å². The average molecular weight is 277 g/mol. The SMILES string of the molecule is Cc1ccc(C(C)NC(=O)c2ccc(O)c(O)c2)s1. The number of rotatable bonds is 3. The average Bonchev–Trinajstić information content (AvgIpc) is 2.79. The molecular weight excluding hydrogens is 262 g/mol. The Morgan fingerprint density at radius 2 is 1.95 bits per heavy atom. The highest BCUT2D eigenvalue weighted by atomic mass is 32.1. The number of amides is 1. The van der Waals surface area contributed by atoms with Gasteiger partial charge in [0.15, 0.2) is 11.5 Å². The van der Waals surface area contributed by atoms with E-state index >= 15 is 0 Å². The second kappa shape index (κ2) is 5.32. The molecule has 0 aliphatic rings. The van der Waals surface area contributed by atoms with Crippen molar-refractivity contribution >= 4 is 17.2 Å². The van der Waals surface area contributed by atoms with Crippen molar-refractivity contribution in [1.29, 1.82) is 0 Å². The number of phenolic OH excluding ortho intramolecular Hbond substituents is 2. The van der Waals surface area contributed by atoms with Crippen LogP contribution < -0.4 is 5.32 Å². The molecule has 0 saturated heterocycles. The molecule has 100 valence electrons. The summed E-state index contributed by atoms with van der Waals surface area (Å²) in [6.07, 6.45) is 0. The Labute approximate surface area is 115 Å². The van der Waals surface area contributed by atoms with Crippen LogP contribution >= 0.6 is 11.3 Å². The molecule has 4 nitrogen and oxygen atoms in total. The van der Waals surface area contributed by atoms with Gasteiger partial charge in [-0.05, 0) is 44.2 Å². The van der Waals surface area contributed by atoms with E-state index in [1.54, 1.807) is 11.3 Å². The normalized spacial score (nSPS) is 12.1. The summed E-state index contributed by atoms with van der Waals surface area (Å²) in [5.74, 6) is -0.820. The second-order valence-electron chi connectivity index (χ2n) is 4.35. The summed E-state index contributed by atoms with van der Waals surface area (Å²) in [6, 6.07) is 7.91. The standard InChI is InChI=1S/C14H15NO3S/c1-8-3-6-13(19-8)9(2)15-14(18)10-4-5-11(16)12(17)7-10/h3-7,9,16-17H,1-2H3,(H,15,18). The fraction of sp³-hybridized carbons (Fsp3) is 0.214. The zero-order chi connectivity index (χ0) is 14.0. The first-order valence-electron chi connectivity index (χ1n) is 5.86. The predicted molar refractivity (Wildman–Crippen MR) is 74.7 cm³/mol. The number of aryl methyl sites for hydroxylation is 1. The Balaban J connectivity index is 2.10. The van der Waals surface area contributed by atoms with Gasteiger partial charge in [0.1, 0.15) is 0 Å². The number of benzene rings is 1. The van der Waals surface area contributed by atoms with Crippen LogP contribution in [0.3, 0.4) is 0 Å². The molecule has 0 bridgehead atoms. The van der Waals surface area contributed by atoms with Crippen molar-refractivity contribution in [2.24, 2.45) is 0 Å². The highest BCUT2D eigenvalue weighted by molar-refractivity contribution is 7.12. The van der Waals surface area contributed by atoms with Crippen LogP contribution in [0.5, 0.6) is 11.5 Å². The number of nitrogens with one attached hydrogen (secondary N) is 1. The molecule has 0 fully saturated rings. The topological polar surface area (TPSA) is 69.6 Å². The van der Waals surface area contributed by atoms with E-state index in [1.807, 2.05) is 26.0 Å². The molecule has 2 rings (SSSR count). The highest BCUT2D eigenvalue weighted by Crippen LogP contribution is 2.26. The Hall–Kier alpha value is -2.01. The lowest BCUT2D eigenvalue weighted by molar-refractivity contribution is 0.0940. The molecule has 0 saturated carbocycles. The minimum Gasteiger partial charge on any atom is -0.504 e. The molecule has 0 spiro atoms. The maximum atomic E-state index is 12.0. The quantitative estimate of drug-likeness (QED) is 0.755. The van der Waals surface area contributed by atoms with Gasteiger partial charge in [-0.25, -0.2) is 0 Å². The Morgan fingerprint density at radius 1 is 1.21 bits per heavy atom. The molecule has 1 unspecified atom stereocenters. The van der Waals surface area contributed by atoms with Crippen LogP contribution in [0.25, 0.3) is 0 Å². The van der Waals surface area contributed by atoms with Gasteiger partial charge in [0.2, 0.25) is 0 Å². The summed E-state index contributed by atoms with van der Waals surface area (Å²) in [6.45, 7) is 3.92. The van der Waals surface area contributed by atoms with Gasteiger partial charge < -0.3 is 15.5 Å². The van der Waals surface area contributed by atoms with Crippen molar-refractivity contribution in [3.8, 4) is 11.5 Å². The zero-order valence-electron chi connectivity index (χ0n) is 10.7. The largest absolute Gasteiger partial charge is 0.504 e. The fourth-order valence-electron chi connectivity index (χ4n) is 1.70.